The summed E-state index contributed by atoms with van der Waals surface area (Å²) in [6.07, 6.45) is 4.50. The maximum absolute atomic E-state index is 12.3. The summed E-state index contributed by atoms with van der Waals surface area (Å²) in [7, 11) is 0. The number of aromatic nitrogens is 2. The van der Waals surface area contributed by atoms with Gasteiger partial charge in [0.15, 0.2) is 18.1 Å². The van der Waals surface area contributed by atoms with Crippen molar-refractivity contribution in [2.75, 3.05) is 19.8 Å². The third-order valence-corrected chi connectivity index (χ3v) is 6.65. The molecule has 2 atom stereocenters. The third kappa shape index (κ3) is 3.79. The van der Waals surface area contributed by atoms with E-state index in [4.69, 9.17) is 14.2 Å². The minimum absolute atomic E-state index is 0.0999. The van der Waals surface area contributed by atoms with Crippen molar-refractivity contribution in [1.29, 1.82) is 0 Å². The molecule has 0 saturated heterocycles. The van der Waals surface area contributed by atoms with Gasteiger partial charge >= 0.3 is 0 Å². The zero-order valence-electron chi connectivity index (χ0n) is 16.7. The SMILES string of the molecule is CC1CCc2c(sc3ncnc(OCC(=O)NCC4COc5ccccc5O4)c23)C1. The van der Waals surface area contributed by atoms with Crippen molar-refractivity contribution in [3.63, 3.8) is 0 Å². The van der Waals surface area contributed by atoms with Crippen molar-refractivity contribution in [2.24, 2.45) is 5.92 Å². The maximum atomic E-state index is 12.3. The summed E-state index contributed by atoms with van der Waals surface area (Å²) in [6, 6.07) is 7.51. The summed E-state index contributed by atoms with van der Waals surface area (Å²) in [5.74, 6) is 2.38. The fourth-order valence-electron chi connectivity index (χ4n) is 3.93. The number of para-hydroxylation sites is 2. The second-order valence-corrected chi connectivity index (χ2v) is 8.88. The fourth-order valence-corrected chi connectivity index (χ4v) is 5.27. The Kier molecular flexibility index (Phi) is 5.16. The number of fused-ring (bicyclic) bond motifs is 4. The molecule has 1 aliphatic heterocycles. The number of carbonyl (C=O) groups excluding carboxylic acids is 1. The molecule has 2 aromatic heterocycles. The molecule has 2 unspecified atom stereocenters. The van der Waals surface area contributed by atoms with Crippen LogP contribution in [0.25, 0.3) is 10.2 Å². The van der Waals surface area contributed by atoms with Crippen molar-refractivity contribution in [2.45, 2.75) is 32.3 Å². The Morgan fingerprint density at radius 3 is 3.07 bits per heavy atom. The molecule has 0 bridgehead atoms. The van der Waals surface area contributed by atoms with Gasteiger partial charge in [0.2, 0.25) is 5.88 Å². The number of nitrogens with zero attached hydrogens (tertiary/aromatic N) is 2. The molecule has 1 amide bonds. The maximum Gasteiger partial charge on any atom is 0.258 e. The Morgan fingerprint density at radius 2 is 2.17 bits per heavy atom. The Hall–Kier alpha value is -2.87. The molecule has 0 radical (unpaired) electrons. The van der Waals surface area contributed by atoms with Crippen LogP contribution in [0.15, 0.2) is 30.6 Å². The van der Waals surface area contributed by atoms with Crippen LogP contribution >= 0.6 is 11.3 Å². The number of ether oxygens (including phenoxy) is 3. The molecule has 2 aliphatic rings. The van der Waals surface area contributed by atoms with E-state index >= 15 is 0 Å². The molecule has 3 heterocycles. The quantitative estimate of drug-likeness (QED) is 0.676. The van der Waals surface area contributed by atoms with Crippen LogP contribution in [-0.2, 0) is 17.6 Å². The predicted molar refractivity (Wildman–Crippen MR) is 113 cm³/mol. The van der Waals surface area contributed by atoms with E-state index in [1.54, 1.807) is 11.3 Å². The van der Waals surface area contributed by atoms with E-state index < -0.39 is 0 Å². The number of carbonyl (C=O) groups is 1. The first-order chi connectivity index (χ1) is 14.7. The molecule has 5 rings (SSSR count). The molecule has 1 aromatic carbocycles. The Bertz CT molecular complexity index is 1080. The van der Waals surface area contributed by atoms with Crippen molar-refractivity contribution in [1.82, 2.24) is 15.3 Å². The molecular weight excluding hydrogens is 402 g/mol. The normalized spacial score (nSPS) is 19.9. The summed E-state index contributed by atoms with van der Waals surface area (Å²) in [6.45, 7) is 2.92. The second kappa shape index (κ2) is 8.10. The topological polar surface area (TPSA) is 82.6 Å². The zero-order chi connectivity index (χ0) is 20.5. The number of hydrogen-bond donors (Lipinski definition) is 1. The van der Waals surface area contributed by atoms with E-state index in [9.17, 15) is 4.79 Å². The lowest BCUT2D eigenvalue weighted by Crippen LogP contribution is -2.42. The smallest absolute Gasteiger partial charge is 0.258 e. The Labute approximate surface area is 178 Å². The van der Waals surface area contributed by atoms with Crippen LogP contribution in [0, 0.1) is 5.92 Å². The van der Waals surface area contributed by atoms with Gasteiger partial charge in [-0.1, -0.05) is 19.1 Å². The first-order valence-electron chi connectivity index (χ1n) is 10.2. The molecule has 7 nitrogen and oxygen atoms in total. The van der Waals surface area contributed by atoms with Gasteiger partial charge in [0.25, 0.3) is 5.91 Å². The lowest BCUT2D eigenvalue weighted by atomic mass is 9.89. The average Bonchev–Trinajstić information content (AvgIpc) is 3.14. The van der Waals surface area contributed by atoms with E-state index in [1.807, 2.05) is 24.3 Å². The monoisotopic (exact) mass is 425 g/mol. The number of rotatable bonds is 5. The highest BCUT2D eigenvalue weighted by Crippen LogP contribution is 2.40. The molecule has 1 aliphatic carbocycles. The number of hydrogen-bond acceptors (Lipinski definition) is 7. The largest absolute Gasteiger partial charge is 0.486 e. The molecule has 8 heteroatoms. The summed E-state index contributed by atoms with van der Waals surface area (Å²) in [4.78, 5) is 23.4. The minimum Gasteiger partial charge on any atom is -0.486 e. The fraction of sp³-hybridized carbons (Fsp3) is 0.409. The number of nitrogens with one attached hydrogen (secondary N) is 1. The third-order valence-electron chi connectivity index (χ3n) is 5.49. The summed E-state index contributed by atoms with van der Waals surface area (Å²) < 4.78 is 17.3. The zero-order valence-corrected chi connectivity index (χ0v) is 17.5. The second-order valence-electron chi connectivity index (χ2n) is 7.80. The van der Waals surface area contributed by atoms with Gasteiger partial charge in [0.1, 0.15) is 23.9 Å². The van der Waals surface area contributed by atoms with E-state index in [0.717, 1.165) is 35.2 Å². The van der Waals surface area contributed by atoms with Gasteiger partial charge in [-0.2, -0.15) is 0 Å². The number of amides is 1. The van der Waals surface area contributed by atoms with Gasteiger partial charge in [-0.3, -0.25) is 4.79 Å². The highest BCUT2D eigenvalue weighted by molar-refractivity contribution is 7.18. The van der Waals surface area contributed by atoms with Crippen LogP contribution < -0.4 is 19.5 Å². The summed E-state index contributed by atoms with van der Waals surface area (Å²) in [5.41, 5.74) is 1.29. The highest BCUT2D eigenvalue weighted by atomic mass is 32.1. The molecule has 0 spiro atoms. The van der Waals surface area contributed by atoms with Gasteiger partial charge in [-0.25, -0.2) is 9.97 Å². The standard InChI is InChI=1S/C22H23N3O4S/c1-13-6-7-15-18(8-13)30-22-20(15)21(24-12-25-22)28-11-19(26)23-9-14-10-27-16-4-2-3-5-17(16)29-14/h2-5,12-14H,6-11H2,1H3,(H,23,26). The highest BCUT2D eigenvalue weighted by Gasteiger charge is 2.24. The van der Waals surface area contributed by atoms with E-state index in [0.29, 0.717) is 30.7 Å². The molecular formula is C22H23N3O4S. The predicted octanol–water partition coefficient (Wildman–Crippen LogP) is 3.15. The van der Waals surface area contributed by atoms with E-state index in [2.05, 4.69) is 22.2 Å². The number of thiophene rings is 1. The number of aryl methyl sites for hydroxylation is 1. The summed E-state index contributed by atoms with van der Waals surface area (Å²) >= 11 is 1.71. The van der Waals surface area contributed by atoms with Crippen molar-refractivity contribution in [3.05, 3.63) is 41.0 Å². The first kappa shape index (κ1) is 19.1. The van der Waals surface area contributed by atoms with Crippen molar-refractivity contribution < 1.29 is 19.0 Å². The molecule has 0 fully saturated rings. The van der Waals surface area contributed by atoms with Gasteiger partial charge in [-0.05, 0) is 42.9 Å². The van der Waals surface area contributed by atoms with Crippen LogP contribution in [0.1, 0.15) is 23.8 Å². The van der Waals surface area contributed by atoms with E-state index in [1.165, 1.54) is 16.8 Å². The summed E-state index contributed by atoms with van der Waals surface area (Å²) in [5, 5.41) is 3.82. The molecule has 3 aromatic rings. The minimum atomic E-state index is -0.236. The number of benzene rings is 1. The van der Waals surface area contributed by atoms with E-state index in [-0.39, 0.29) is 18.6 Å². The van der Waals surface area contributed by atoms with Gasteiger partial charge in [0.05, 0.1) is 11.9 Å². The molecule has 1 N–H and O–H groups in total. The van der Waals surface area contributed by atoms with Crippen LogP contribution in [0.3, 0.4) is 0 Å². The van der Waals surface area contributed by atoms with Gasteiger partial charge in [0, 0.05) is 4.88 Å². The van der Waals surface area contributed by atoms with Crippen LogP contribution in [-0.4, -0.2) is 41.7 Å². The first-order valence-corrected chi connectivity index (χ1v) is 11.0. The average molecular weight is 426 g/mol. The Balaban J connectivity index is 1.20. The van der Waals surface area contributed by atoms with Crippen LogP contribution in [0.4, 0.5) is 0 Å². The van der Waals surface area contributed by atoms with Gasteiger partial charge < -0.3 is 19.5 Å². The Morgan fingerprint density at radius 1 is 1.30 bits per heavy atom. The van der Waals surface area contributed by atoms with Crippen LogP contribution in [0.5, 0.6) is 17.4 Å². The molecule has 156 valence electrons. The molecule has 0 saturated carbocycles. The molecule has 30 heavy (non-hydrogen) atoms. The van der Waals surface area contributed by atoms with Crippen molar-refractivity contribution >= 4 is 27.5 Å². The lowest BCUT2D eigenvalue weighted by Gasteiger charge is -2.26. The van der Waals surface area contributed by atoms with Crippen molar-refractivity contribution in [3.8, 4) is 17.4 Å². The van der Waals surface area contributed by atoms with Crippen LogP contribution in [0.2, 0.25) is 0 Å². The lowest BCUT2D eigenvalue weighted by molar-refractivity contribution is -0.123. The van der Waals surface area contributed by atoms with Gasteiger partial charge in [-0.15, -0.1) is 11.3 Å².